The highest BCUT2D eigenvalue weighted by atomic mass is 32.2. The molecule has 0 atom stereocenters. The van der Waals surface area contributed by atoms with Crippen molar-refractivity contribution in [2.45, 2.75) is 75.8 Å². The number of likely N-dealkylation sites (tertiary alicyclic amines) is 1. The highest BCUT2D eigenvalue weighted by molar-refractivity contribution is 8.04. The number of nitrogens with zero attached hydrogens (tertiary/aromatic N) is 3. The molecule has 166 valence electrons. The number of nitrogens with one attached hydrogen (secondary N) is 1. The zero-order chi connectivity index (χ0) is 21.2. The van der Waals surface area contributed by atoms with Gasteiger partial charge in [-0.1, -0.05) is 49.9 Å². The zero-order valence-corrected chi connectivity index (χ0v) is 19.4. The van der Waals surface area contributed by atoms with E-state index in [0.29, 0.717) is 0 Å². The minimum Gasteiger partial charge on any atom is -0.349 e. The summed E-state index contributed by atoms with van der Waals surface area (Å²) in [6.45, 7) is 5.45. The Morgan fingerprint density at radius 1 is 1.16 bits per heavy atom. The molecule has 1 saturated carbocycles. The Hall–Kier alpha value is -1.79. The van der Waals surface area contributed by atoms with Crippen LogP contribution >= 0.6 is 11.8 Å². The van der Waals surface area contributed by atoms with Gasteiger partial charge in [0.2, 0.25) is 0 Å². The molecule has 0 unspecified atom stereocenters. The number of thioether (sulfide) groups is 1. The number of hydrogen-bond acceptors (Lipinski definition) is 4. The molecule has 2 aromatic heterocycles. The summed E-state index contributed by atoms with van der Waals surface area (Å²) in [6, 6.07) is 6.38. The quantitative estimate of drug-likeness (QED) is 0.687. The van der Waals surface area contributed by atoms with E-state index in [0.717, 1.165) is 58.8 Å². The van der Waals surface area contributed by atoms with Gasteiger partial charge in [0.25, 0.3) is 5.91 Å². The number of hydrogen-bond donors (Lipinski definition) is 1. The van der Waals surface area contributed by atoms with Crippen molar-refractivity contribution in [2.24, 2.45) is 5.92 Å². The number of imidazole rings is 1. The summed E-state index contributed by atoms with van der Waals surface area (Å²) >= 11 is 1.55. The average molecular weight is 439 g/mol. The van der Waals surface area contributed by atoms with E-state index >= 15 is 0 Å². The molecule has 0 aromatic carbocycles. The lowest BCUT2D eigenvalue weighted by Gasteiger charge is -2.33. The minimum absolute atomic E-state index is 0.0598. The van der Waals surface area contributed by atoms with Gasteiger partial charge >= 0.3 is 0 Å². The van der Waals surface area contributed by atoms with Crippen molar-refractivity contribution in [3.8, 4) is 0 Å². The van der Waals surface area contributed by atoms with Crippen molar-refractivity contribution in [1.82, 2.24) is 19.6 Å². The molecule has 1 aliphatic carbocycles. The standard InChI is InChI=1S/C25H34N4OS/c1-18-21-17-22(31-24-11-5-10-23(26-18)29(21)24)25(30)27-20-12-15-28(16-13-20)14-6-9-19-7-3-2-4-8-19/h5,10-11,17,19-20H,2-4,6-9,12-16H2,1H3,(H,27,30). The van der Waals surface area contributed by atoms with Crippen LogP contribution in [0.4, 0.5) is 0 Å². The molecule has 0 bridgehead atoms. The number of amides is 1. The Morgan fingerprint density at radius 3 is 2.77 bits per heavy atom. The number of carbonyl (C=O) groups excluding carboxylic acids is 1. The van der Waals surface area contributed by atoms with Gasteiger partial charge in [-0.15, -0.1) is 0 Å². The molecule has 2 aliphatic heterocycles. The number of piperidine rings is 1. The molecule has 1 saturated heterocycles. The van der Waals surface area contributed by atoms with Gasteiger partial charge in [0.1, 0.15) is 5.65 Å². The molecule has 1 amide bonds. The highest BCUT2D eigenvalue weighted by Crippen LogP contribution is 2.36. The highest BCUT2D eigenvalue weighted by Gasteiger charge is 2.25. The van der Waals surface area contributed by atoms with E-state index in [1.807, 2.05) is 25.1 Å². The second kappa shape index (κ2) is 9.37. The third kappa shape index (κ3) is 4.70. The Morgan fingerprint density at radius 2 is 1.97 bits per heavy atom. The van der Waals surface area contributed by atoms with Crippen LogP contribution in [-0.2, 0) is 4.79 Å². The van der Waals surface area contributed by atoms with Gasteiger partial charge in [-0.25, -0.2) is 4.98 Å². The molecule has 0 radical (unpaired) electrons. The predicted octanol–water partition coefficient (Wildman–Crippen LogP) is 5.03. The number of aryl methyl sites for hydroxylation is 1. The maximum Gasteiger partial charge on any atom is 0.258 e. The molecule has 4 heterocycles. The van der Waals surface area contributed by atoms with Crippen LogP contribution in [0.2, 0.25) is 0 Å². The monoisotopic (exact) mass is 438 g/mol. The fourth-order valence-corrected chi connectivity index (χ4v) is 6.44. The molecule has 5 nitrogen and oxygen atoms in total. The van der Waals surface area contributed by atoms with Crippen LogP contribution in [0.15, 0.2) is 28.1 Å². The maximum atomic E-state index is 13.0. The van der Waals surface area contributed by atoms with Gasteiger partial charge in [0, 0.05) is 19.1 Å². The first-order chi connectivity index (χ1) is 15.2. The lowest BCUT2D eigenvalue weighted by molar-refractivity contribution is -0.117. The van der Waals surface area contributed by atoms with Crippen LogP contribution in [0, 0.1) is 12.8 Å². The van der Waals surface area contributed by atoms with Crippen molar-refractivity contribution >= 4 is 29.4 Å². The smallest absolute Gasteiger partial charge is 0.258 e. The number of aromatic nitrogens is 2. The average Bonchev–Trinajstić information content (AvgIpc) is 3.12. The van der Waals surface area contributed by atoms with Gasteiger partial charge in [-0.05, 0) is 63.3 Å². The molecule has 5 rings (SSSR count). The largest absolute Gasteiger partial charge is 0.349 e. The third-order valence-corrected chi connectivity index (χ3v) is 8.32. The fourth-order valence-electron chi connectivity index (χ4n) is 5.46. The van der Waals surface area contributed by atoms with Crippen molar-refractivity contribution in [2.75, 3.05) is 19.6 Å². The summed E-state index contributed by atoms with van der Waals surface area (Å²) in [4.78, 5) is 21.0. The Balaban J connectivity index is 1.11. The van der Waals surface area contributed by atoms with Crippen molar-refractivity contribution in [3.63, 3.8) is 0 Å². The second-order valence-electron chi connectivity index (χ2n) is 9.49. The first kappa shape index (κ1) is 21.1. The van der Waals surface area contributed by atoms with Gasteiger partial charge in [0.05, 0.1) is 21.3 Å². The van der Waals surface area contributed by atoms with E-state index < -0.39 is 0 Å². The molecule has 3 aliphatic rings. The molecule has 2 fully saturated rings. The maximum absolute atomic E-state index is 13.0. The van der Waals surface area contributed by atoms with Gasteiger partial charge in [-0.3, -0.25) is 9.20 Å². The van der Waals surface area contributed by atoms with Crippen LogP contribution in [0.5, 0.6) is 0 Å². The van der Waals surface area contributed by atoms with Crippen LogP contribution in [0.3, 0.4) is 0 Å². The number of carbonyl (C=O) groups is 1. The topological polar surface area (TPSA) is 49.6 Å². The lowest BCUT2D eigenvalue weighted by atomic mass is 9.86. The first-order valence-electron chi connectivity index (χ1n) is 12.1. The van der Waals surface area contributed by atoms with Gasteiger partial charge in [0.15, 0.2) is 0 Å². The summed E-state index contributed by atoms with van der Waals surface area (Å²) in [5.41, 5.74) is 2.95. The van der Waals surface area contributed by atoms with Gasteiger partial charge < -0.3 is 10.2 Å². The SMILES string of the molecule is Cc1nc2cccc3n2c1C=C(C(=O)NC1CCN(CCCC2CCCCC2)CC1)S3. The molecule has 2 aromatic rings. The Bertz CT molecular complexity index is 967. The Kier molecular flexibility index (Phi) is 6.37. The van der Waals surface area contributed by atoms with Crippen LogP contribution in [-0.4, -0.2) is 45.9 Å². The number of pyridine rings is 1. The van der Waals surface area contributed by atoms with Crippen molar-refractivity contribution < 1.29 is 4.79 Å². The summed E-state index contributed by atoms with van der Waals surface area (Å²) in [5.74, 6) is 1.04. The minimum atomic E-state index is 0.0598. The van der Waals surface area contributed by atoms with Crippen LogP contribution in [0.1, 0.15) is 69.2 Å². The van der Waals surface area contributed by atoms with E-state index in [-0.39, 0.29) is 11.9 Å². The van der Waals surface area contributed by atoms with Crippen LogP contribution < -0.4 is 5.32 Å². The predicted molar refractivity (Wildman–Crippen MR) is 127 cm³/mol. The van der Waals surface area contributed by atoms with E-state index in [2.05, 4.69) is 25.7 Å². The molecule has 1 N–H and O–H groups in total. The Labute approximate surface area is 189 Å². The summed E-state index contributed by atoms with van der Waals surface area (Å²) < 4.78 is 2.14. The van der Waals surface area contributed by atoms with Crippen molar-refractivity contribution in [3.05, 3.63) is 34.5 Å². The van der Waals surface area contributed by atoms with Gasteiger partial charge in [-0.2, -0.15) is 0 Å². The normalized spacial score (nSPS) is 20.7. The van der Waals surface area contributed by atoms with E-state index in [4.69, 9.17) is 0 Å². The van der Waals surface area contributed by atoms with Crippen LogP contribution in [0.25, 0.3) is 11.7 Å². The van der Waals surface area contributed by atoms with E-state index in [1.54, 1.807) is 11.8 Å². The molecule has 6 heteroatoms. The first-order valence-corrected chi connectivity index (χ1v) is 12.9. The molecular formula is C25H34N4OS. The summed E-state index contributed by atoms with van der Waals surface area (Å²) in [6.07, 6.45) is 14.1. The van der Waals surface area contributed by atoms with E-state index in [9.17, 15) is 4.79 Å². The molecule has 0 spiro atoms. The summed E-state index contributed by atoms with van der Waals surface area (Å²) in [7, 11) is 0. The summed E-state index contributed by atoms with van der Waals surface area (Å²) in [5, 5.41) is 4.37. The zero-order valence-electron chi connectivity index (χ0n) is 18.6. The number of rotatable bonds is 6. The third-order valence-electron chi connectivity index (χ3n) is 7.27. The second-order valence-corrected chi connectivity index (χ2v) is 10.5. The van der Waals surface area contributed by atoms with E-state index in [1.165, 1.54) is 51.5 Å². The molecule has 31 heavy (non-hydrogen) atoms. The molecular weight excluding hydrogens is 404 g/mol. The lowest BCUT2D eigenvalue weighted by Crippen LogP contribution is -2.45. The van der Waals surface area contributed by atoms with Crippen molar-refractivity contribution in [1.29, 1.82) is 0 Å². The fraction of sp³-hybridized carbons (Fsp3) is 0.600.